The quantitative estimate of drug-likeness (QED) is 0.716. The Hall–Kier alpha value is -1.93. The molecule has 0 spiro atoms. The number of ether oxygens (including phenoxy) is 1. The van der Waals surface area contributed by atoms with Crippen molar-refractivity contribution in [2.24, 2.45) is 0 Å². The zero-order chi connectivity index (χ0) is 19.9. The summed E-state index contributed by atoms with van der Waals surface area (Å²) in [5.41, 5.74) is 1.16. The van der Waals surface area contributed by atoms with Crippen LogP contribution in [0.1, 0.15) is 43.9 Å². The molecule has 2 N–H and O–H groups in total. The maximum absolute atomic E-state index is 12.5. The third kappa shape index (κ3) is 5.54. The van der Waals surface area contributed by atoms with Crippen molar-refractivity contribution in [1.29, 1.82) is 0 Å². The van der Waals surface area contributed by atoms with Gasteiger partial charge in [0.05, 0.1) is 13.2 Å². The lowest BCUT2D eigenvalue weighted by Crippen LogP contribution is -2.44. The van der Waals surface area contributed by atoms with Gasteiger partial charge in [-0.3, -0.25) is 14.6 Å². The van der Waals surface area contributed by atoms with Gasteiger partial charge in [0, 0.05) is 49.9 Å². The summed E-state index contributed by atoms with van der Waals surface area (Å²) in [6, 6.07) is 0.252. The Kier molecular flexibility index (Phi) is 7.44. The molecule has 1 amide bonds. The maximum atomic E-state index is 12.5. The molecule has 3 rings (SSSR count). The Labute approximate surface area is 166 Å². The van der Waals surface area contributed by atoms with Crippen molar-refractivity contribution in [3.8, 4) is 0 Å². The molecular formula is C20H33N5O3. The number of carbonyl (C=O) groups excluding carboxylic acids is 1. The first-order valence-corrected chi connectivity index (χ1v) is 10.5. The van der Waals surface area contributed by atoms with Gasteiger partial charge in [0.15, 0.2) is 0 Å². The molecular weight excluding hydrogens is 358 g/mol. The molecule has 8 nitrogen and oxygen atoms in total. The van der Waals surface area contributed by atoms with Crippen molar-refractivity contribution in [3.63, 3.8) is 0 Å². The van der Waals surface area contributed by atoms with Gasteiger partial charge in [-0.1, -0.05) is 6.92 Å². The monoisotopic (exact) mass is 391 g/mol. The third-order valence-electron chi connectivity index (χ3n) is 5.61. The van der Waals surface area contributed by atoms with E-state index in [1.54, 1.807) is 0 Å². The highest BCUT2D eigenvalue weighted by molar-refractivity contribution is 5.76. The summed E-state index contributed by atoms with van der Waals surface area (Å²) in [4.78, 5) is 36.8. The standard InChI is InChI=1S/C20H33N5O3/c1-3-8-24-9-6-16(7-10-24)22-18(26)5-4-17-15(2)21-20(23-19(17)27)25-11-13-28-14-12-25/h16H,3-14H2,1-2H3,(H,22,26)(H,21,23,27). The molecule has 3 heterocycles. The number of likely N-dealkylation sites (tertiary alicyclic amines) is 1. The highest BCUT2D eigenvalue weighted by Crippen LogP contribution is 2.13. The van der Waals surface area contributed by atoms with Crippen LogP contribution in [0.5, 0.6) is 0 Å². The number of carbonyl (C=O) groups is 1. The Morgan fingerprint density at radius 2 is 1.96 bits per heavy atom. The smallest absolute Gasteiger partial charge is 0.255 e. The molecule has 2 aliphatic rings. The van der Waals surface area contributed by atoms with E-state index in [0.717, 1.165) is 45.6 Å². The molecule has 2 saturated heterocycles. The van der Waals surface area contributed by atoms with Crippen LogP contribution in [0.25, 0.3) is 0 Å². The second kappa shape index (κ2) is 10.0. The van der Waals surface area contributed by atoms with Crippen molar-refractivity contribution in [1.82, 2.24) is 20.2 Å². The van der Waals surface area contributed by atoms with E-state index in [2.05, 4.69) is 27.1 Å². The van der Waals surface area contributed by atoms with E-state index >= 15 is 0 Å². The Morgan fingerprint density at radius 3 is 2.61 bits per heavy atom. The topological polar surface area (TPSA) is 90.6 Å². The number of hydrogen-bond donors (Lipinski definition) is 2. The number of H-pyrrole nitrogens is 1. The number of aryl methyl sites for hydroxylation is 1. The summed E-state index contributed by atoms with van der Waals surface area (Å²) >= 11 is 0. The van der Waals surface area contributed by atoms with Crippen molar-refractivity contribution < 1.29 is 9.53 Å². The Balaban J connectivity index is 1.50. The number of rotatable bonds is 7. The molecule has 1 aromatic heterocycles. The molecule has 0 aliphatic carbocycles. The average Bonchev–Trinajstić information content (AvgIpc) is 2.69. The minimum absolute atomic E-state index is 0.0185. The first kappa shape index (κ1) is 20.8. The Bertz CT molecular complexity index is 706. The molecule has 2 aliphatic heterocycles. The lowest BCUT2D eigenvalue weighted by atomic mass is 10.0. The van der Waals surface area contributed by atoms with Gasteiger partial charge in [-0.05, 0) is 39.2 Å². The van der Waals surface area contributed by atoms with Gasteiger partial charge >= 0.3 is 0 Å². The third-order valence-corrected chi connectivity index (χ3v) is 5.61. The van der Waals surface area contributed by atoms with Crippen LogP contribution in [-0.4, -0.2) is 72.8 Å². The minimum Gasteiger partial charge on any atom is -0.378 e. The van der Waals surface area contributed by atoms with Gasteiger partial charge in [-0.15, -0.1) is 0 Å². The summed E-state index contributed by atoms with van der Waals surface area (Å²) in [5.74, 6) is 0.614. The molecule has 0 aromatic carbocycles. The van der Waals surface area contributed by atoms with Crippen molar-refractivity contribution in [2.75, 3.05) is 50.8 Å². The van der Waals surface area contributed by atoms with Gasteiger partial charge in [-0.25, -0.2) is 4.98 Å². The fourth-order valence-corrected chi connectivity index (χ4v) is 3.97. The van der Waals surface area contributed by atoms with E-state index in [1.165, 1.54) is 6.42 Å². The predicted octanol–water partition coefficient (Wildman–Crippen LogP) is 0.838. The van der Waals surface area contributed by atoms with Crippen molar-refractivity contribution in [2.45, 2.75) is 52.0 Å². The normalized spacial score (nSPS) is 19.0. The number of anilines is 1. The summed E-state index contributed by atoms with van der Waals surface area (Å²) in [7, 11) is 0. The number of piperidine rings is 1. The summed E-state index contributed by atoms with van der Waals surface area (Å²) in [6.07, 6.45) is 3.90. The van der Waals surface area contributed by atoms with Crippen LogP contribution in [0.2, 0.25) is 0 Å². The molecule has 0 radical (unpaired) electrons. The van der Waals surface area contributed by atoms with Crippen LogP contribution in [0.4, 0.5) is 5.95 Å². The lowest BCUT2D eigenvalue weighted by Gasteiger charge is -2.32. The minimum atomic E-state index is -0.144. The second-order valence-electron chi connectivity index (χ2n) is 7.74. The van der Waals surface area contributed by atoms with Crippen LogP contribution in [0, 0.1) is 6.92 Å². The fourth-order valence-electron chi connectivity index (χ4n) is 3.97. The van der Waals surface area contributed by atoms with Gasteiger partial charge < -0.3 is 19.9 Å². The van der Waals surface area contributed by atoms with Gasteiger partial charge in [-0.2, -0.15) is 0 Å². The molecule has 0 atom stereocenters. The number of aromatic amines is 1. The average molecular weight is 392 g/mol. The number of nitrogens with one attached hydrogen (secondary N) is 2. The van der Waals surface area contributed by atoms with E-state index < -0.39 is 0 Å². The highest BCUT2D eigenvalue weighted by atomic mass is 16.5. The molecule has 156 valence electrons. The molecule has 0 unspecified atom stereocenters. The lowest BCUT2D eigenvalue weighted by molar-refractivity contribution is -0.122. The fraction of sp³-hybridized carbons (Fsp3) is 0.750. The molecule has 28 heavy (non-hydrogen) atoms. The van der Waals surface area contributed by atoms with E-state index in [0.29, 0.717) is 43.3 Å². The predicted molar refractivity (Wildman–Crippen MR) is 109 cm³/mol. The van der Waals surface area contributed by atoms with Gasteiger partial charge in [0.1, 0.15) is 0 Å². The number of amides is 1. The first-order chi connectivity index (χ1) is 13.6. The van der Waals surface area contributed by atoms with Crippen LogP contribution >= 0.6 is 0 Å². The summed E-state index contributed by atoms with van der Waals surface area (Å²) < 4.78 is 5.34. The van der Waals surface area contributed by atoms with E-state index in [4.69, 9.17) is 4.74 Å². The van der Waals surface area contributed by atoms with E-state index in [-0.39, 0.29) is 17.5 Å². The van der Waals surface area contributed by atoms with Gasteiger partial charge in [0.25, 0.3) is 5.56 Å². The molecule has 0 bridgehead atoms. The maximum Gasteiger partial charge on any atom is 0.255 e. The largest absolute Gasteiger partial charge is 0.378 e. The van der Waals surface area contributed by atoms with Crippen LogP contribution in [-0.2, 0) is 16.0 Å². The first-order valence-electron chi connectivity index (χ1n) is 10.5. The van der Waals surface area contributed by atoms with Crippen molar-refractivity contribution in [3.05, 3.63) is 21.6 Å². The zero-order valence-electron chi connectivity index (χ0n) is 17.1. The van der Waals surface area contributed by atoms with Crippen molar-refractivity contribution >= 4 is 11.9 Å². The molecule has 2 fully saturated rings. The van der Waals surface area contributed by atoms with E-state index in [1.807, 2.05) is 11.8 Å². The second-order valence-corrected chi connectivity index (χ2v) is 7.74. The number of morpholine rings is 1. The summed E-state index contributed by atoms with van der Waals surface area (Å²) in [6.45, 7) is 9.99. The van der Waals surface area contributed by atoms with Crippen LogP contribution in [0.15, 0.2) is 4.79 Å². The SMILES string of the molecule is CCCN1CCC(NC(=O)CCc2c(C)nc(N3CCOCC3)[nH]c2=O)CC1. The van der Waals surface area contributed by atoms with Crippen LogP contribution in [0.3, 0.4) is 0 Å². The molecule has 1 aromatic rings. The van der Waals surface area contributed by atoms with Crippen LogP contribution < -0.4 is 15.8 Å². The highest BCUT2D eigenvalue weighted by Gasteiger charge is 2.21. The number of nitrogens with zero attached hydrogens (tertiary/aromatic N) is 3. The Morgan fingerprint density at radius 1 is 1.25 bits per heavy atom. The van der Waals surface area contributed by atoms with Gasteiger partial charge in [0.2, 0.25) is 11.9 Å². The summed E-state index contributed by atoms with van der Waals surface area (Å²) in [5, 5.41) is 3.13. The molecule has 8 heteroatoms. The zero-order valence-corrected chi connectivity index (χ0v) is 17.1. The number of hydrogen-bond acceptors (Lipinski definition) is 6. The van der Waals surface area contributed by atoms with E-state index in [9.17, 15) is 9.59 Å². The number of aromatic nitrogens is 2. The molecule has 0 saturated carbocycles.